The fraction of sp³-hybridized carbons (Fsp3) is 0.364. The maximum atomic E-state index is 5.90. The van der Waals surface area contributed by atoms with E-state index < -0.39 is 0 Å². The van der Waals surface area contributed by atoms with Crippen LogP contribution in [0, 0.1) is 0 Å². The van der Waals surface area contributed by atoms with E-state index in [-0.39, 0.29) is 0 Å². The van der Waals surface area contributed by atoms with Gasteiger partial charge in [0.1, 0.15) is 12.0 Å². The van der Waals surface area contributed by atoms with Gasteiger partial charge in [0.05, 0.1) is 12.9 Å². The van der Waals surface area contributed by atoms with Gasteiger partial charge in [0, 0.05) is 25.5 Å². The Balaban J connectivity index is 1.94. The first-order valence-corrected chi connectivity index (χ1v) is 5.74. The van der Waals surface area contributed by atoms with Crippen LogP contribution in [0.1, 0.15) is 6.92 Å². The molecule has 0 fully saturated rings. The predicted molar refractivity (Wildman–Crippen MR) is 68.3 cm³/mol. The number of nitrogens with two attached hydrogens (primary N) is 1. The number of anilines is 2. The Hall–Kier alpha value is -2.31. The fourth-order valence-corrected chi connectivity index (χ4v) is 1.49. The van der Waals surface area contributed by atoms with Gasteiger partial charge in [-0.05, 0) is 6.92 Å². The number of hydrogen-bond donors (Lipinski definition) is 2. The molecule has 18 heavy (non-hydrogen) atoms. The molecule has 0 aliphatic carbocycles. The van der Waals surface area contributed by atoms with E-state index in [2.05, 4.69) is 20.3 Å². The molecule has 0 bridgehead atoms. The van der Waals surface area contributed by atoms with Gasteiger partial charge >= 0.3 is 0 Å². The van der Waals surface area contributed by atoms with E-state index in [9.17, 15) is 0 Å². The van der Waals surface area contributed by atoms with Crippen LogP contribution in [0.2, 0.25) is 0 Å². The van der Waals surface area contributed by atoms with Crippen LogP contribution in [0.5, 0.6) is 5.88 Å². The Bertz CT molecular complexity index is 484. The number of ether oxygens (including phenoxy) is 1. The van der Waals surface area contributed by atoms with Gasteiger partial charge in [0.25, 0.3) is 0 Å². The van der Waals surface area contributed by atoms with Gasteiger partial charge < -0.3 is 20.4 Å². The van der Waals surface area contributed by atoms with Gasteiger partial charge in [-0.3, -0.25) is 0 Å². The van der Waals surface area contributed by atoms with Crippen LogP contribution in [0.3, 0.4) is 0 Å². The molecule has 2 aromatic heterocycles. The summed E-state index contributed by atoms with van der Waals surface area (Å²) in [6, 6.07) is 0. The molecule has 7 nitrogen and oxygen atoms in total. The molecule has 0 saturated carbocycles. The highest BCUT2D eigenvalue weighted by Gasteiger charge is 2.07. The molecule has 0 aliphatic heterocycles. The van der Waals surface area contributed by atoms with Crippen molar-refractivity contribution in [3.8, 4) is 5.88 Å². The number of rotatable bonds is 6. The second kappa shape index (κ2) is 5.85. The van der Waals surface area contributed by atoms with Gasteiger partial charge in [-0.15, -0.1) is 0 Å². The molecule has 0 spiro atoms. The average molecular weight is 248 g/mol. The van der Waals surface area contributed by atoms with Crippen molar-refractivity contribution in [3.05, 3.63) is 25.0 Å². The highest BCUT2D eigenvalue weighted by molar-refractivity contribution is 5.66. The lowest BCUT2D eigenvalue weighted by Crippen LogP contribution is -2.12. The second-order valence-electron chi connectivity index (χ2n) is 3.60. The van der Waals surface area contributed by atoms with E-state index in [1.54, 1.807) is 12.5 Å². The molecular formula is C11H16N6O. The molecule has 0 aliphatic rings. The predicted octanol–water partition coefficient (Wildman–Crippen LogP) is 0.766. The zero-order valence-corrected chi connectivity index (χ0v) is 10.2. The third-order valence-electron chi connectivity index (χ3n) is 2.35. The molecule has 0 unspecified atom stereocenters. The molecule has 0 radical (unpaired) electrons. The number of nitrogens with zero attached hydrogens (tertiary/aromatic N) is 4. The summed E-state index contributed by atoms with van der Waals surface area (Å²) in [6.07, 6.45) is 6.83. The Kier molecular flexibility index (Phi) is 3.95. The average Bonchev–Trinajstić information content (AvgIpc) is 2.87. The van der Waals surface area contributed by atoms with E-state index in [0.717, 1.165) is 6.54 Å². The standard InChI is InChI=1S/C11H16N6O/c1-2-18-11-9(12)10(15-7-16-11)14-4-6-17-5-3-13-8-17/h3,5,7-8H,2,4,6,12H2,1H3,(H,14,15,16). The summed E-state index contributed by atoms with van der Waals surface area (Å²) in [6.45, 7) is 3.89. The third kappa shape index (κ3) is 2.88. The van der Waals surface area contributed by atoms with Crippen molar-refractivity contribution >= 4 is 11.5 Å². The van der Waals surface area contributed by atoms with E-state index >= 15 is 0 Å². The summed E-state index contributed by atoms with van der Waals surface area (Å²) < 4.78 is 7.26. The molecule has 2 rings (SSSR count). The first-order chi connectivity index (χ1) is 8.81. The van der Waals surface area contributed by atoms with Crippen molar-refractivity contribution in [2.75, 3.05) is 24.2 Å². The Morgan fingerprint density at radius 2 is 2.33 bits per heavy atom. The van der Waals surface area contributed by atoms with Gasteiger partial charge in [0.15, 0.2) is 5.82 Å². The first-order valence-electron chi connectivity index (χ1n) is 5.74. The summed E-state index contributed by atoms with van der Waals surface area (Å²) in [5, 5.41) is 3.15. The van der Waals surface area contributed by atoms with Gasteiger partial charge in [-0.25, -0.2) is 9.97 Å². The van der Waals surface area contributed by atoms with Crippen LogP contribution in [-0.2, 0) is 6.54 Å². The number of imidazole rings is 1. The first kappa shape index (κ1) is 12.2. The van der Waals surface area contributed by atoms with Gasteiger partial charge in [-0.1, -0.05) is 0 Å². The van der Waals surface area contributed by atoms with Crippen LogP contribution < -0.4 is 15.8 Å². The van der Waals surface area contributed by atoms with Crippen molar-refractivity contribution < 1.29 is 4.74 Å². The zero-order valence-electron chi connectivity index (χ0n) is 10.2. The number of nitrogen functional groups attached to an aromatic ring is 1. The topological polar surface area (TPSA) is 90.9 Å². The number of nitrogens with one attached hydrogen (secondary N) is 1. The smallest absolute Gasteiger partial charge is 0.242 e. The highest BCUT2D eigenvalue weighted by Crippen LogP contribution is 2.24. The highest BCUT2D eigenvalue weighted by atomic mass is 16.5. The number of hydrogen-bond acceptors (Lipinski definition) is 6. The molecule has 96 valence electrons. The van der Waals surface area contributed by atoms with Crippen LogP contribution in [0.25, 0.3) is 0 Å². The minimum absolute atomic E-state index is 0.414. The Morgan fingerprint density at radius 1 is 1.44 bits per heavy atom. The summed E-state index contributed by atoms with van der Waals surface area (Å²) in [5.74, 6) is 1.01. The monoisotopic (exact) mass is 248 g/mol. The van der Waals surface area contributed by atoms with E-state index in [4.69, 9.17) is 10.5 Å². The molecule has 0 aromatic carbocycles. The normalized spacial score (nSPS) is 10.3. The lowest BCUT2D eigenvalue weighted by molar-refractivity contribution is 0.328. The van der Waals surface area contributed by atoms with Crippen LogP contribution in [0.4, 0.5) is 11.5 Å². The summed E-state index contributed by atoms with van der Waals surface area (Å²) in [7, 11) is 0. The fourth-order valence-electron chi connectivity index (χ4n) is 1.49. The van der Waals surface area contributed by atoms with E-state index in [1.807, 2.05) is 17.7 Å². The molecule has 7 heteroatoms. The summed E-state index contributed by atoms with van der Waals surface area (Å²) in [5.41, 5.74) is 6.33. The lowest BCUT2D eigenvalue weighted by Gasteiger charge is -2.11. The van der Waals surface area contributed by atoms with Crippen molar-refractivity contribution in [1.82, 2.24) is 19.5 Å². The summed E-state index contributed by atoms with van der Waals surface area (Å²) in [4.78, 5) is 12.0. The van der Waals surface area contributed by atoms with E-state index in [0.29, 0.717) is 30.5 Å². The largest absolute Gasteiger partial charge is 0.476 e. The SMILES string of the molecule is CCOc1ncnc(NCCn2ccnc2)c1N. The summed E-state index contributed by atoms with van der Waals surface area (Å²) >= 11 is 0. The molecule has 2 heterocycles. The quantitative estimate of drug-likeness (QED) is 0.784. The van der Waals surface area contributed by atoms with Gasteiger partial charge in [-0.2, -0.15) is 4.98 Å². The van der Waals surface area contributed by atoms with Crippen molar-refractivity contribution in [2.24, 2.45) is 0 Å². The molecule has 0 amide bonds. The molecule has 0 saturated heterocycles. The maximum Gasteiger partial charge on any atom is 0.242 e. The third-order valence-corrected chi connectivity index (χ3v) is 2.35. The van der Waals surface area contributed by atoms with Crippen molar-refractivity contribution in [1.29, 1.82) is 0 Å². The number of aromatic nitrogens is 4. The van der Waals surface area contributed by atoms with Crippen LogP contribution in [0.15, 0.2) is 25.0 Å². The van der Waals surface area contributed by atoms with Gasteiger partial charge in [0.2, 0.25) is 5.88 Å². The minimum atomic E-state index is 0.414. The molecular weight excluding hydrogens is 232 g/mol. The van der Waals surface area contributed by atoms with E-state index in [1.165, 1.54) is 6.33 Å². The zero-order chi connectivity index (χ0) is 12.8. The van der Waals surface area contributed by atoms with Crippen LogP contribution >= 0.6 is 0 Å². The van der Waals surface area contributed by atoms with Crippen molar-refractivity contribution in [2.45, 2.75) is 13.5 Å². The minimum Gasteiger partial charge on any atom is -0.476 e. The van der Waals surface area contributed by atoms with Crippen molar-refractivity contribution in [3.63, 3.8) is 0 Å². The lowest BCUT2D eigenvalue weighted by atomic mass is 10.4. The van der Waals surface area contributed by atoms with Crippen LogP contribution in [-0.4, -0.2) is 32.7 Å². The molecule has 0 atom stereocenters. The molecule has 2 aromatic rings. The maximum absolute atomic E-state index is 5.90. The second-order valence-corrected chi connectivity index (χ2v) is 3.60. The molecule has 3 N–H and O–H groups in total. The Labute approximate surface area is 105 Å². The Morgan fingerprint density at radius 3 is 3.06 bits per heavy atom.